The first-order chi connectivity index (χ1) is 16.5. The Kier molecular flexibility index (Phi) is 7.73. The number of carbonyl (C=O) groups is 2. The SMILES string of the molecule is CN(CC(O)CO)C(=O)CCCN(C(=O)c1cccs1)c1nc(-c2cc3ccccc3o2)cs1. The number of nitrogens with zero attached hydrogens (tertiary/aromatic N) is 3. The summed E-state index contributed by atoms with van der Waals surface area (Å²) in [6.45, 7) is -0.0369. The van der Waals surface area contributed by atoms with Gasteiger partial charge in [0.2, 0.25) is 5.91 Å². The second-order valence-corrected chi connectivity index (χ2v) is 9.60. The van der Waals surface area contributed by atoms with Crippen LogP contribution in [0.3, 0.4) is 0 Å². The summed E-state index contributed by atoms with van der Waals surface area (Å²) < 4.78 is 5.91. The Morgan fingerprint density at radius 3 is 2.74 bits per heavy atom. The lowest BCUT2D eigenvalue weighted by Gasteiger charge is -2.22. The minimum absolute atomic E-state index is 0.0561. The molecular formula is C24H25N3O5S2. The van der Waals surface area contributed by atoms with E-state index < -0.39 is 12.7 Å². The second kappa shape index (κ2) is 10.9. The Hall–Kier alpha value is -3.05. The van der Waals surface area contributed by atoms with E-state index in [1.807, 2.05) is 47.2 Å². The zero-order chi connectivity index (χ0) is 24.1. The molecule has 0 aliphatic carbocycles. The topological polar surface area (TPSA) is 107 Å². The number of thiazole rings is 1. The number of benzene rings is 1. The lowest BCUT2D eigenvalue weighted by atomic mass is 10.2. The highest BCUT2D eigenvalue weighted by Gasteiger charge is 2.23. The number of para-hydroxylation sites is 1. The molecule has 0 aliphatic heterocycles. The van der Waals surface area contributed by atoms with E-state index in [1.54, 1.807) is 18.0 Å². The number of fused-ring (bicyclic) bond motifs is 1. The van der Waals surface area contributed by atoms with E-state index in [1.165, 1.54) is 27.6 Å². The Morgan fingerprint density at radius 1 is 1.18 bits per heavy atom. The Bertz CT molecular complexity index is 1220. The van der Waals surface area contributed by atoms with Gasteiger partial charge in [-0.1, -0.05) is 24.3 Å². The number of aliphatic hydroxyl groups is 2. The fourth-order valence-corrected chi connectivity index (χ4v) is 4.99. The molecule has 4 aromatic rings. The first kappa shape index (κ1) is 24.1. The minimum atomic E-state index is -0.974. The molecule has 8 nitrogen and oxygen atoms in total. The second-order valence-electron chi connectivity index (χ2n) is 7.81. The zero-order valence-corrected chi connectivity index (χ0v) is 20.2. The van der Waals surface area contributed by atoms with Gasteiger partial charge >= 0.3 is 0 Å². The van der Waals surface area contributed by atoms with Crippen LogP contribution in [0.2, 0.25) is 0 Å². The number of hydrogen-bond donors (Lipinski definition) is 2. The van der Waals surface area contributed by atoms with Gasteiger partial charge in [0, 0.05) is 37.3 Å². The van der Waals surface area contributed by atoms with Gasteiger partial charge in [0.15, 0.2) is 10.9 Å². The molecule has 0 fully saturated rings. The number of aromatic nitrogens is 1. The number of aliphatic hydroxyl groups excluding tert-OH is 2. The van der Waals surface area contributed by atoms with Crippen LogP contribution in [0.4, 0.5) is 5.13 Å². The highest BCUT2D eigenvalue weighted by Crippen LogP contribution is 2.32. The average molecular weight is 500 g/mol. The van der Waals surface area contributed by atoms with Crippen LogP contribution in [0.5, 0.6) is 0 Å². The molecule has 1 unspecified atom stereocenters. The van der Waals surface area contributed by atoms with E-state index in [4.69, 9.17) is 9.52 Å². The van der Waals surface area contributed by atoms with Gasteiger partial charge in [0.1, 0.15) is 11.3 Å². The molecule has 3 aromatic heterocycles. The van der Waals surface area contributed by atoms with Gasteiger partial charge in [0.25, 0.3) is 5.91 Å². The van der Waals surface area contributed by atoms with E-state index in [-0.39, 0.29) is 24.8 Å². The van der Waals surface area contributed by atoms with Crippen LogP contribution < -0.4 is 4.90 Å². The number of thiophene rings is 1. The Balaban J connectivity index is 1.49. The molecular weight excluding hydrogens is 474 g/mol. The van der Waals surface area contributed by atoms with Crippen molar-refractivity contribution in [3.63, 3.8) is 0 Å². The molecule has 0 aliphatic rings. The Labute approximate surface area is 204 Å². The summed E-state index contributed by atoms with van der Waals surface area (Å²) in [4.78, 5) is 33.8. The molecule has 0 saturated heterocycles. The average Bonchev–Trinajstić information content (AvgIpc) is 3.61. The number of likely N-dealkylation sites (N-methyl/N-ethyl adjacent to an activating group) is 1. The highest BCUT2D eigenvalue weighted by atomic mass is 32.1. The van der Waals surface area contributed by atoms with Crippen molar-refractivity contribution in [1.82, 2.24) is 9.88 Å². The van der Waals surface area contributed by atoms with E-state index in [0.717, 1.165) is 11.0 Å². The predicted octanol–water partition coefficient (Wildman–Crippen LogP) is 3.86. The van der Waals surface area contributed by atoms with Gasteiger partial charge in [-0.05, 0) is 30.0 Å². The molecule has 1 atom stereocenters. The van der Waals surface area contributed by atoms with Crippen molar-refractivity contribution in [1.29, 1.82) is 0 Å². The van der Waals surface area contributed by atoms with Crippen molar-refractivity contribution < 1.29 is 24.2 Å². The summed E-state index contributed by atoms with van der Waals surface area (Å²) in [5, 5.41) is 23.7. The molecule has 0 spiro atoms. The van der Waals surface area contributed by atoms with E-state index in [9.17, 15) is 14.7 Å². The van der Waals surface area contributed by atoms with Gasteiger partial charge in [-0.15, -0.1) is 22.7 Å². The molecule has 2 amide bonds. The van der Waals surface area contributed by atoms with Gasteiger partial charge in [-0.25, -0.2) is 4.98 Å². The van der Waals surface area contributed by atoms with Crippen molar-refractivity contribution in [3.8, 4) is 11.5 Å². The standard InChI is InChI=1S/C24H25N3O5S2/c1-26(13-17(29)14-28)22(30)9-4-10-27(23(31)21-8-5-11-33-21)24-25-18(15-34-24)20-12-16-6-2-3-7-19(16)32-20/h2-3,5-8,11-12,15,17,28-29H,4,9-10,13-14H2,1H3. The summed E-state index contributed by atoms with van der Waals surface area (Å²) in [6.07, 6.45) is -0.349. The van der Waals surface area contributed by atoms with E-state index in [0.29, 0.717) is 34.4 Å². The summed E-state index contributed by atoms with van der Waals surface area (Å²) in [6, 6.07) is 13.2. The molecule has 34 heavy (non-hydrogen) atoms. The van der Waals surface area contributed by atoms with Crippen LogP contribution in [-0.4, -0.2) is 64.8 Å². The molecule has 0 bridgehead atoms. The van der Waals surface area contributed by atoms with Gasteiger partial charge in [-0.3, -0.25) is 14.5 Å². The maximum absolute atomic E-state index is 13.2. The van der Waals surface area contributed by atoms with E-state index in [2.05, 4.69) is 4.98 Å². The van der Waals surface area contributed by atoms with Crippen LogP contribution in [0.25, 0.3) is 22.4 Å². The lowest BCUT2D eigenvalue weighted by Crippen LogP contribution is -2.36. The smallest absolute Gasteiger partial charge is 0.270 e. The molecule has 3 heterocycles. The summed E-state index contributed by atoms with van der Waals surface area (Å²) >= 11 is 2.70. The highest BCUT2D eigenvalue weighted by molar-refractivity contribution is 7.14. The first-order valence-electron chi connectivity index (χ1n) is 10.8. The third-order valence-corrected chi connectivity index (χ3v) is 6.99. The van der Waals surface area contributed by atoms with Crippen molar-refractivity contribution in [2.24, 2.45) is 0 Å². The zero-order valence-electron chi connectivity index (χ0n) is 18.6. The maximum Gasteiger partial charge on any atom is 0.270 e. The van der Waals surface area contributed by atoms with Crippen molar-refractivity contribution in [2.45, 2.75) is 18.9 Å². The fourth-order valence-electron chi connectivity index (χ4n) is 3.48. The number of amides is 2. The molecule has 178 valence electrons. The van der Waals surface area contributed by atoms with Crippen LogP contribution in [0, 0.1) is 0 Å². The van der Waals surface area contributed by atoms with E-state index >= 15 is 0 Å². The summed E-state index contributed by atoms with van der Waals surface area (Å²) in [5.41, 5.74) is 1.42. The van der Waals surface area contributed by atoms with Crippen LogP contribution in [-0.2, 0) is 4.79 Å². The summed E-state index contributed by atoms with van der Waals surface area (Å²) in [5.74, 6) is 0.293. The Morgan fingerprint density at radius 2 is 2.00 bits per heavy atom. The number of rotatable bonds is 10. The lowest BCUT2D eigenvalue weighted by molar-refractivity contribution is -0.131. The molecule has 2 N–H and O–H groups in total. The summed E-state index contributed by atoms with van der Waals surface area (Å²) in [7, 11) is 1.58. The molecule has 1 aromatic carbocycles. The molecule has 10 heteroatoms. The van der Waals surface area contributed by atoms with Gasteiger partial charge < -0.3 is 19.5 Å². The van der Waals surface area contributed by atoms with Crippen LogP contribution >= 0.6 is 22.7 Å². The largest absolute Gasteiger partial charge is 0.454 e. The van der Waals surface area contributed by atoms with Crippen molar-refractivity contribution in [2.75, 3.05) is 31.6 Å². The monoisotopic (exact) mass is 499 g/mol. The maximum atomic E-state index is 13.2. The fraction of sp³-hybridized carbons (Fsp3) is 0.292. The van der Waals surface area contributed by atoms with Crippen LogP contribution in [0.1, 0.15) is 22.5 Å². The van der Waals surface area contributed by atoms with Gasteiger partial charge in [-0.2, -0.15) is 0 Å². The quantitative estimate of drug-likeness (QED) is 0.343. The number of carbonyl (C=O) groups excluding carboxylic acids is 2. The van der Waals surface area contributed by atoms with Gasteiger partial charge in [0.05, 0.1) is 17.6 Å². The van der Waals surface area contributed by atoms with Crippen molar-refractivity contribution >= 4 is 50.6 Å². The van der Waals surface area contributed by atoms with Crippen LogP contribution in [0.15, 0.2) is 57.6 Å². The third-order valence-electron chi connectivity index (χ3n) is 5.27. The minimum Gasteiger partial charge on any atom is -0.454 e. The first-order valence-corrected chi connectivity index (χ1v) is 12.5. The number of anilines is 1. The normalized spacial score (nSPS) is 12.1. The molecule has 4 rings (SSSR count). The number of furan rings is 1. The number of hydrogen-bond acceptors (Lipinski definition) is 8. The third kappa shape index (κ3) is 5.53. The molecule has 0 radical (unpaired) electrons. The predicted molar refractivity (Wildman–Crippen MR) is 133 cm³/mol. The van der Waals surface area contributed by atoms with Crippen molar-refractivity contribution in [3.05, 3.63) is 58.1 Å². The molecule has 0 saturated carbocycles.